The Labute approximate surface area is 148 Å². The largest absolute Gasteiger partial charge is 0.353 e. The Morgan fingerprint density at radius 2 is 2.00 bits per heavy atom. The number of likely N-dealkylation sites (N-methyl/N-ethyl adjacent to an activating group) is 1. The number of aromatic amines is 1. The van der Waals surface area contributed by atoms with Gasteiger partial charge in [0.15, 0.2) is 0 Å². The van der Waals surface area contributed by atoms with Crippen LogP contribution in [0.25, 0.3) is 11.1 Å². The van der Waals surface area contributed by atoms with Crippen LogP contribution in [0.1, 0.15) is 36.9 Å². The van der Waals surface area contributed by atoms with Crippen molar-refractivity contribution >= 4 is 5.82 Å². The molecule has 1 saturated carbocycles. The highest BCUT2D eigenvalue weighted by Gasteiger charge is 2.26. The fourth-order valence-electron chi connectivity index (χ4n) is 3.79. The molecule has 2 fully saturated rings. The molecule has 0 spiro atoms. The lowest BCUT2D eigenvalue weighted by Crippen LogP contribution is -2.51. The molecule has 0 radical (unpaired) electrons. The summed E-state index contributed by atoms with van der Waals surface area (Å²) in [5.41, 5.74) is 4.36. The first-order valence-electron chi connectivity index (χ1n) is 9.18. The number of piperazine rings is 1. The molecule has 1 aliphatic carbocycles. The van der Waals surface area contributed by atoms with Crippen LogP contribution in [-0.4, -0.2) is 47.6 Å². The van der Waals surface area contributed by atoms with E-state index in [1.807, 2.05) is 6.20 Å². The van der Waals surface area contributed by atoms with Gasteiger partial charge in [0.25, 0.3) is 0 Å². The highest BCUT2D eigenvalue weighted by molar-refractivity contribution is 5.70. The van der Waals surface area contributed by atoms with Crippen LogP contribution in [0.3, 0.4) is 0 Å². The smallest absolute Gasteiger partial charge is 0.250 e. The van der Waals surface area contributed by atoms with Crippen LogP contribution in [0, 0.1) is 6.92 Å². The first-order valence-corrected chi connectivity index (χ1v) is 9.18. The van der Waals surface area contributed by atoms with E-state index < -0.39 is 0 Å². The Bertz CT molecular complexity index is 840. The minimum atomic E-state index is -0.0391. The summed E-state index contributed by atoms with van der Waals surface area (Å²) in [5, 5.41) is 0. The lowest BCUT2D eigenvalue weighted by Gasteiger charge is -2.39. The topological polar surface area (TPSA) is 52.2 Å². The summed E-state index contributed by atoms with van der Waals surface area (Å²) < 4.78 is 0. The lowest BCUT2D eigenvalue weighted by molar-refractivity contribution is 0.274. The van der Waals surface area contributed by atoms with Crippen LogP contribution < -0.4 is 10.5 Å². The number of H-pyrrole nitrogens is 1. The van der Waals surface area contributed by atoms with Crippen molar-refractivity contribution in [3.05, 3.63) is 46.0 Å². The Morgan fingerprint density at radius 3 is 2.72 bits per heavy atom. The minimum Gasteiger partial charge on any atom is -0.353 e. The third-order valence-electron chi connectivity index (χ3n) is 5.40. The maximum Gasteiger partial charge on any atom is 0.250 e. The molecule has 4 rings (SSSR count). The van der Waals surface area contributed by atoms with Gasteiger partial charge in [0.2, 0.25) is 5.56 Å². The van der Waals surface area contributed by atoms with Crippen molar-refractivity contribution in [3.8, 4) is 11.1 Å². The van der Waals surface area contributed by atoms with E-state index in [2.05, 4.69) is 52.8 Å². The first kappa shape index (κ1) is 16.3. The Kier molecular flexibility index (Phi) is 4.12. The van der Waals surface area contributed by atoms with Gasteiger partial charge in [-0.3, -0.25) is 9.78 Å². The number of aryl methyl sites for hydroxylation is 1. The molecule has 0 aromatic carbocycles. The van der Waals surface area contributed by atoms with Gasteiger partial charge in [-0.15, -0.1) is 0 Å². The van der Waals surface area contributed by atoms with Crippen molar-refractivity contribution in [3.63, 3.8) is 0 Å². The second-order valence-corrected chi connectivity index (χ2v) is 7.62. The number of aromatic nitrogens is 2. The Balaban J connectivity index is 1.73. The average Bonchev–Trinajstić information content (AvgIpc) is 3.39. The fraction of sp³-hybridized carbons (Fsp3) is 0.500. The van der Waals surface area contributed by atoms with Crippen LogP contribution >= 0.6 is 0 Å². The molecule has 2 aromatic rings. The summed E-state index contributed by atoms with van der Waals surface area (Å²) in [4.78, 5) is 24.6. The van der Waals surface area contributed by atoms with Crippen molar-refractivity contribution in [2.45, 2.75) is 38.6 Å². The third kappa shape index (κ3) is 3.33. The molecule has 5 nitrogen and oxygen atoms in total. The summed E-state index contributed by atoms with van der Waals surface area (Å²) in [7, 11) is 2.15. The highest BCUT2D eigenvalue weighted by atomic mass is 16.1. The highest BCUT2D eigenvalue weighted by Crippen LogP contribution is 2.40. The number of hydrogen-bond acceptors (Lipinski definition) is 4. The van der Waals surface area contributed by atoms with Gasteiger partial charge in [-0.25, -0.2) is 0 Å². The Hall–Kier alpha value is -2.14. The molecule has 2 aromatic heterocycles. The normalized spacial score (nSPS) is 21.6. The van der Waals surface area contributed by atoms with E-state index in [0.29, 0.717) is 12.0 Å². The number of nitrogens with one attached hydrogen (secondary N) is 1. The Morgan fingerprint density at radius 1 is 1.20 bits per heavy atom. The number of pyridine rings is 2. The molecular weight excluding hydrogens is 312 g/mol. The molecular formula is C20H26N4O. The lowest BCUT2D eigenvalue weighted by atomic mass is 10.0. The van der Waals surface area contributed by atoms with Crippen molar-refractivity contribution < 1.29 is 0 Å². The molecule has 5 heteroatoms. The van der Waals surface area contributed by atoms with Gasteiger partial charge in [0.05, 0.1) is 0 Å². The van der Waals surface area contributed by atoms with Gasteiger partial charge in [-0.2, -0.15) is 0 Å². The van der Waals surface area contributed by atoms with E-state index in [0.717, 1.165) is 47.8 Å². The zero-order valence-corrected chi connectivity index (χ0v) is 15.2. The zero-order valence-electron chi connectivity index (χ0n) is 15.2. The quantitative estimate of drug-likeness (QED) is 0.935. The van der Waals surface area contributed by atoms with Gasteiger partial charge in [-0.1, -0.05) is 0 Å². The van der Waals surface area contributed by atoms with Crippen molar-refractivity contribution in [2.24, 2.45) is 0 Å². The number of hydrogen-bond donors (Lipinski definition) is 1. The van der Waals surface area contributed by atoms with E-state index in [4.69, 9.17) is 0 Å². The second-order valence-electron chi connectivity index (χ2n) is 7.62. The van der Waals surface area contributed by atoms with Crippen molar-refractivity contribution in [2.75, 3.05) is 31.6 Å². The monoisotopic (exact) mass is 338 g/mol. The summed E-state index contributed by atoms with van der Waals surface area (Å²) in [5.74, 6) is 1.53. The number of rotatable bonds is 3. The molecule has 0 bridgehead atoms. The second kappa shape index (κ2) is 6.30. The van der Waals surface area contributed by atoms with Gasteiger partial charge in [-0.05, 0) is 62.6 Å². The van der Waals surface area contributed by atoms with E-state index in [1.165, 1.54) is 12.8 Å². The van der Waals surface area contributed by atoms with Crippen LogP contribution in [0.15, 0.2) is 29.2 Å². The summed E-state index contributed by atoms with van der Waals surface area (Å²) >= 11 is 0. The molecule has 1 unspecified atom stereocenters. The molecule has 1 atom stereocenters. The average molecular weight is 338 g/mol. The third-order valence-corrected chi connectivity index (χ3v) is 5.40. The molecule has 25 heavy (non-hydrogen) atoms. The van der Waals surface area contributed by atoms with Crippen molar-refractivity contribution in [1.82, 2.24) is 14.9 Å². The van der Waals surface area contributed by atoms with Gasteiger partial charge in [0.1, 0.15) is 5.82 Å². The van der Waals surface area contributed by atoms with Crippen LogP contribution in [0.5, 0.6) is 0 Å². The molecule has 132 valence electrons. The molecule has 0 amide bonds. The molecule has 1 saturated heterocycles. The summed E-state index contributed by atoms with van der Waals surface area (Å²) in [6, 6.07) is 6.40. The van der Waals surface area contributed by atoms with E-state index in [1.54, 1.807) is 6.07 Å². The van der Waals surface area contributed by atoms with E-state index >= 15 is 0 Å². The SMILES string of the molecule is Cc1cnc(C2CC2)cc1-c1cc(N2CCN(C)CC2C)[nH]c(=O)c1. The first-order chi connectivity index (χ1) is 12.0. The van der Waals surface area contributed by atoms with Crippen LogP contribution in [-0.2, 0) is 0 Å². The maximum atomic E-state index is 12.3. The van der Waals surface area contributed by atoms with E-state index in [-0.39, 0.29) is 5.56 Å². The van der Waals surface area contributed by atoms with Crippen LogP contribution in [0.2, 0.25) is 0 Å². The fourth-order valence-corrected chi connectivity index (χ4v) is 3.79. The standard InChI is InChI=1S/C20H26N4O/c1-13-11-21-18(15-4-5-15)10-17(13)16-8-19(22-20(25)9-16)24-7-6-23(3)12-14(24)2/h8-11,14-15H,4-7,12H2,1-3H3,(H,22,25). The summed E-state index contributed by atoms with van der Waals surface area (Å²) in [6.45, 7) is 7.23. The molecule has 1 N–H and O–H groups in total. The maximum absolute atomic E-state index is 12.3. The van der Waals surface area contributed by atoms with Crippen molar-refractivity contribution in [1.29, 1.82) is 0 Å². The van der Waals surface area contributed by atoms with Gasteiger partial charge < -0.3 is 14.8 Å². The summed E-state index contributed by atoms with van der Waals surface area (Å²) in [6.07, 6.45) is 4.41. The predicted molar refractivity (Wildman–Crippen MR) is 101 cm³/mol. The van der Waals surface area contributed by atoms with Gasteiger partial charge in [0, 0.05) is 49.6 Å². The predicted octanol–water partition coefficient (Wildman–Crippen LogP) is 2.76. The van der Waals surface area contributed by atoms with E-state index in [9.17, 15) is 4.79 Å². The molecule has 1 aliphatic heterocycles. The number of anilines is 1. The zero-order chi connectivity index (χ0) is 17.6. The molecule has 2 aliphatic rings. The molecule has 3 heterocycles. The van der Waals surface area contributed by atoms with Crippen LogP contribution in [0.4, 0.5) is 5.82 Å². The van der Waals surface area contributed by atoms with Gasteiger partial charge >= 0.3 is 0 Å². The minimum absolute atomic E-state index is 0.0391. The number of nitrogens with zero attached hydrogens (tertiary/aromatic N) is 3.